The highest BCUT2D eigenvalue weighted by atomic mass is 16.4. The van der Waals surface area contributed by atoms with Crippen molar-refractivity contribution >= 4 is 16.9 Å². The lowest BCUT2D eigenvalue weighted by atomic mass is 10.0. The van der Waals surface area contributed by atoms with Crippen molar-refractivity contribution in [2.45, 2.75) is 25.9 Å². The summed E-state index contributed by atoms with van der Waals surface area (Å²) in [6.45, 7) is 4.04. The van der Waals surface area contributed by atoms with Crippen molar-refractivity contribution in [1.29, 1.82) is 0 Å². The quantitative estimate of drug-likeness (QED) is 0.871. The van der Waals surface area contributed by atoms with Crippen LogP contribution in [0.3, 0.4) is 0 Å². The lowest BCUT2D eigenvalue weighted by Gasteiger charge is -2.31. The zero-order chi connectivity index (χ0) is 13.3. The monoisotopic (exact) mass is 246 g/mol. The molecule has 2 rings (SSSR count). The average Bonchev–Trinajstić information content (AvgIpc) is 2.75. The molecule has 4 nitrogen and oxygen atoms in total. The maximum Gasteiger partial charge on any atom is 0.323 e. The number of rotatable bonds is 4. The summed E-state index contributed by atoms with van der Waals surface area (Å²) >= 11 is 0. The Kier molecular flexibility index (Phi) is 3.13. The van der Waals surface area contributed by atoms with E-state index in [2.05, 4.69) is 11.1 Å². The van der Waals surface area contributed by atoms with Crippen molar-refractivity contribution in [3.8, 4) is 0 Å². The fourth-order valence-electron chi connectivity index (χ4n) is 1.84. The lowest BCUT2D eigenvalue weighted by molar-refractivity contribution is -0.148. The van der Waals surface area contributed by atoms with Gasteiger partial charge in [-0.1, -0.05) is 6.07 Å². The summed E-state index contributed by atoms with van der Waals surface area (Å²) in [7, 11) is 1.83. The van der Waals surface area contributed by atoms with Gasteiger partial charge in [0.05, 0.1) is 0 Å². The van der Waals surface area contributed by atoms with Gasteiger partial charge in [-0.3, -0.25) is 9.69 Å². The van der Waals surface area contributed by atoms with E-state index in [1.54, 1.807) is 13.8 Å². The van der Waals surface area contributed by atoms with Gasteiger partial charge >= 0.3 is 5.97 Å². The minimum absolute atomic E-state index is 0.612. The minimum atomic E-state index is -0.868. The van der Waals surface area contributed by atoms with Crippen LogP contribution in [0.1, 0.15) is 19.4 Å². The molecule has 0 radical (unpaired) electrons. The van der Waals surface area contributed by atoms with Gasteiger partial charge in [0.25, 0.3) is 0 Å². The number of H-pyrrole nitrogens is 1. The van der Waals surface area contributed by atoms with Crippen LogP contribution in [0, 0.1) is 0 Å². The molecule has 0 spiro atoms. The zero-order valence-electron chi connectivity index (χ0n) is 10.9. The van der Waals surface area contributed by atoms with Gasteiger partial charge in [-0.05, 0) is 50.0 Å². The van der Waals surface area contributed by atoms with E-state index in [0.29, 0.717) is 6.54 Å². The third-order valence-corrected chi connectivity index (χ3v) is 3.52. The van der Waals surface area contributed by atoms with Crippen LogP contribution in [-0.2, 0) is 11.3 Å². The molecule has 1 aromatic carbocycles. The Hall–Kier alpha value is -1.81. The number of aromatic amines is 1. The fourth-order valence-corrected chi connectivity index (χ4v) is 1.84. The highest BCUT2D eigenvalue weighted by Gasteiger charge is 2.31. The zero-order valence-corrected chi connectivity index (χ0v) is 10.9. The number of hydrogen-bond donors (Lipinski definition) is 2. The summed E-state index contributed by atoms with van der Waals surface area (Å²) in [5.74, 6) is -0.812. The second-order valence-corrected chi connectivity index (χ2v) is 5.12. The molecule has 2 aromatic rings. The van der Waals surface area contributed by atoms with Crippen molar-refractivity contribution in [2.24, 2.45) is 0 Å². The molecule has 0 bridgehead atoms. The Balaban J connectivity index is 2.20. The molecule has 0 unspecified atom stereocenters. The maximum atomic E-state index is 11.2. The summed E-state index contributed by atoms with van der Waals surface area (Å²) in [4.78, 5) is 16.2. The number of nitrogens with one attached hydrogen (secondary N) is 1. The van der Waals surface area contributed by atoms with Gasteiger partial charge < -0.3 is 10.1 Å². The summed E-state index contributed by atoms with van der Waals surface area (Å²) in [6, 6.07) is 8.14. The number of benzene rings is 1. The molecule has 96 valence electrons. The largest absolute Gasteiger partial charge is 0.480 e. The first-order valence-electron chi connectivity index (χ1n) is 5.92. The van der Waals surface area contributed by atoms with Crippen LogP contribution in [0.5, 0.6) is 0 Å². The van der Waals surface area contributed by atoms with Crippen LogP contribution >= 0.6 is 0 Å². The van der Waals surface area contributed by atoms with Gasteiger partial charge in [-0.15, -0.1) is 0 Å². The Morgan fingerprint density at radius 1 is 1.39 bits per heavy atom. The van der Waals surface area contributed by atoms with E-state index in [4.69, 9.17) is 0 Å². The fraction of sp³-hybridized carbons (Fsp3) is 0.357. The van der Waals surface area contributed by atoms with Crippen LogP contribution in [0.4, 0.5) is 0 Å². The van der Waals surface area contributed by atoms with E-state index >= 15 is 0 Å². The molecular formula is C14H18N2O2. The molecule has 0 aliphatic carbocycles. The smallest absolute Gasteiger partial charge is 0.323 e. The van der Waals surface area contributed by atoms with E-state index in [-0.39, 0.29) is 0 Å². The van der Waals surface area contributed by atoms with E-state index in [1.807, 2.05) is 36.3 Å². The van der Waals surface area contributed by atoms with Gasteiger partial charge in [0, 0.05) is 18.3 Å². The highest BCUT2D eigenvalue weighted by molar-refractivity contribution is 5.80. The van der Waals surface area contributed by atoms with Crippen molar-refractivity contribution in [3.63, 3.8) is 0 Å². The van der Waals surface area contributed by atoms with Crippen molar-refractivity contribution < 1.29 is 9.90 Å². The van der Waals surface area contributed by atoms with Gasteiger partial charge in [0.1, 0.15) is 5.54 Å². The Morgan fingerprint density at radius 3 is 2.78 bits per heavy atom. The minimum Gasteiger partial charge on any atom is -0.480 e. The number of likely N-dealkylation sites (N-methyl/N-ethyl adjacent to an activating group) is 1. The first-order valence-corrected chi connectivity index (χ1v) is 5.92. The van der Waals surface area contributed by atoms with Crippen LogP contribution in [0.15, 0.2) is 30.5 Å². The predicted octanol–water partition coefficient (Wildman–Crippen LogP) is 2.46. The summed E-state index contributed by atoms with van der Waals surface area (Å²) in [6.07, 6.45) is 1.90. The number of carbonyl (C=O) groups is 1. The molecule has 18 heavy (non-hydrogen) atoms. The molecule has 0 amide bonds. The summed E-state index contributed by atoms with van der Waals surface area (Å²) < 4.78 is 0. The number of nitrogens with zero attached hydrogens (tertiary/aromatic N) is 1. The maximum absolute atomic E-state index is 11.2. The molecule has 0 aliphatic rings. The van der Waals surface area contributed by atoms with Gasteiger partial charge in [0.15, 0.2) is 0 Å². The molecule has 0 saturated heterocycles. The number of aliphatic carboxylic acids is 1. The normalized spacial score (nSPS) is 12.2. The highest BCUT2D eigenvalue weighted by Crippen LogP contribution is 2.19. The first kappa shape index (κ1) is 12.6. The number of fused-ring (bicyclic) bond motifs is 1. The third kappa shape index (κ3) is 2.24. The molecule has 0 atom stereocenters. The number of carboxylic acids is 1. The van der Waals surface area contributed by atoms with E-state index in [9.17, 15) is 9.90 Å². The molecule has 4 heteroatoms. The Morgan fingerprint density at radius 2 is 2.11 bits per heavy atom. The standard InChI is InChI=1S/C14H18N2O2/c1-14(2,13(17)18)16(3)9-10-4-5-12-11(8-10)6-7-15-12/h4-8,15H,9H2,1-3H3,(H,17,18). The molecular weight excluding hydrogens is 228 g/mol. The first-order chi connectivity index (χ1) is 8.41. The van der Waals surface area contributed by atoms with Crippen LogP contribution in [0.25, 0.3) is 10.9 Å². The van der Waals surface area contributed by atoms with Crippen molar-refractivity contribution in [2.75, 3.05) is 7.05 Å². The topological polar surface area (TPSA) is 56.3 Å². The predicted molar refractivity (Wildman–Crippen MR) is 71.5 cm³/mol. The molecule has 0 fully saturated rings. The number of hydrogen-bond acceptors (Lipinski definition) is 2. The second-order valence-electron chi connectivity index (χ2n) is 5.12. The van der Waals surface area contributed by atoms with E-state index < -0.39 is 11.5 Å². The summed E-state index contributed by atoms with van der Waals surface area (Å²) in [5.41, 5.74) is 1.34. The summed E-state index contributed by atoms with van der Waals surface area (Å²) in [5, 5.41) is 10.3. The second kappa shape index (κ2) is 4.46. The van der Waals surface area contributed by atoms with Crippen LogP contribution in [-0.4, -0.2) is 33.5 Å². The Bertz CT molecular complexity index is 572. The van der Waals surface area contributed by atoms with Gasteiger partial charge in [-0.2, -0.15) is 0 Å². The molecule has 0 saturated carbocycles. The number of aromatic nitrogens is 1. The SMILES string of the molecule is CN(Cc1ccc2[nH]ccc2c1)C(C)(C)C(=O)O. The van der Waals surface area contributed by atoms with E-state index in [1.165, 1.54) is 0 Å². The van der Waals surface area contributed by atoms with Gasteiger partial charge in [-0.25, -0.2) is 0 Å². The van der Waals surface area contributed by atoms with Gasteiger partial charge in [0.2, 0.25) is 0 Å². The molecule has 1 aromatic heterocycles. The molecule has 0 aliphatic heterocycles. The van der Waals surface area contributed by atoms with Crippen LogP contribution < -0.4 is 0 Å². The van der Waals surface area contributed by atoms with Crippen LogP contribution in [0.2, 0.25) is 0 Å². The van der Waals surface area contributed by atoms with E-state index in [0.717, 1.165) is 16.5 Å². The number of carboxylic acid groups (broad SMARTS) is 1. The average molecular weight is 246 g/mol. The molecule has 1 heterocycles. The van der Waals surface area contributed by atoms with Crippen molar-refractivity contribution in [1.82, 2.24) is 9.88 Å². The Labute approximate surface area is 106 Å². The third-order valence-electron chi connectivity index (χ3n) is 3.52. The van der Waals surface area contributed by atoms with Crippen molar-refractivity contribution in [3.05, 3.63) is 36.0 Å². The lowest BCUT2D eigenvalue weighted by Crippen LogP contribution is -2.47. The molecule has 2 N–H and O–H groups in total.